The van der Waals surface area contributed by atoms with Gasteiger partial charge in [0.05, 0.1) is 17.6 Å². The van der Waals surface area contributed by atoms with Gasteiger partial charge in [-0.2, -0.15) is 0 Å². The number of nitrogens with zero attached hydrogens (tertiary/aromatic N) is 2. The molecule has 4 heteroatoms. The fraction of sp³-hybridized carbons (Fsp3) is 0.545. The number of aliphatic hydroxyl groups excluding tert-OH is 1. The Kier molecular flexibility index (Phi) is 3.06. The van der Waals surface area contributed by atoms with E-state index in [4.69, 9.17) is 10.8 Å². The maximum Gasteiger partial charge on any atom is 0.0738 e. The first-order valence-electron chi connectivity index (χ1n) is 5.36. The minimum Gasteiger partial charge on any atom is -0.396 e. The van der Waals surface area contributed by atoms with E-state index in [2.05, 4.69) is 9.88 Å². The molecule has 1 saturated heterocycles. The molecule has 3 N–H and O–H groups in total. The highest BCUT2D eigenvalue weighted by atomic mass is 16.3. The van der Waals surface area contributed by atoms with Crippen LogP contribution in [-0.2, 0) is 0 Å². The Labute approximate surface area is 89.7 Å². The summed E-state index contributed by atoms with van der Waals surface area (Å²) in [4.78, 5) is 6.26. The molecule has 2 rings (SSSR count). The molecule has 1 aromatic rings. The van der Waals surface area contributed by atoms with Crippen molar-refractivity contribution in [3.05, 3.63) is 18.5 Å². The summed E-state index contributed by atoms with van der Waals surface area (Å²) in [6.45, 7) is 2.30. The minimum atomic E-state index is 0.282. The second kappa shape index (κ2) is 4.49. The Morgan fingerprint density at radius 2 is 2.47 bits per heavy atom. The molecule has 1 aliphatic heterocycles. The number of aliphatic hydroxyl groups is 1. The summed E-state index contributed by atoms with van der Waals surface area (Å²) in [5, 5.41) is 8.88. The number of hydrogen-bond acceptors (Lipinski definition) is 4. The summed E-state index contributed by atoms with van der Waals surface area (Å²) in [6, 6.07) is 1.96. The van der Waals surface area contributed by atoms with Crippen molar-refractivity contribution in [1.29, 1.82) is 0 Å². The second-order valence-corrected chi connectivity index (χ2v) is 4.05. The van der Waals surface area contributed by atoms with Crippen LogP contribution in [0.1, 0.15) is 12.8 Å². The third-order valence-corrected chi connectivity index (χ3v) is 2.99. The molecule has 1 atom stereocenters. The van der Waals surface area contributed by atoms with E-state index in [1.54, 1.807) is 12.4 Å². The van der Waals surface area contributed by atoms with Crippen molar-refractivity contribution >= 4 is 11.4 Å². The molecule has 1 aromatic heterocycles. The SMILES string of the molecule is Nc1cnccc1N1CCC(CCO)C1. The smallest absolute Gasteiger partial charge is 0.0738 e. The third kappa shape index (κ3) is 2.21. The van der Waals surface area contributed by atoms with Gasteiger partial charge in [0.2, 0.25) is 0 Å². The van der Waals surface area contributed by atoms with Gasteiger partial charge in [0.15, 0.2) is 0 Å². The number of aromatic nitrogens is 1. The number of hydrogen-bond donors (Lipinski definition) is 2. The van der Waals surface area contributed by atoms with E-state index in [-0.39, 0.29) is 6.61 Å². The molecule has 0 bridgehead atoms. The third-order valence-electron chi connectivity index (χ3n) is 2.99. The average Bonchev–Trinajstić information content (AvgIpc) is 2.68. The normalized spacial score (nSPS) is 20.9. The first-order chi connectivity index (χ1) is 7.31. The molecule has 0 radical (unpaired) electrons. The first-order valence-corrected chi connectivity index (χ1v) is 5.36. The van der Waals surface area contributed by atoms with E-state index in [0.717, 1.165) is 37.3 Å². The zero-order valence-electron chi connectivity index (χ0n) is 8.76. The Morgan fingerprint density at radius 3 is 3.20 bits per heavy atom. The van der Waals surface area contributed by atoms with Crippen molar-refractivity contribution in [3.8, 4) is 0 Å². The van der Waals surface area contributed by atoms with Crippen LogP contribution in [0.2, 0.25) is 0 Å². The summed E-state index contributed by atoms with van der Waals surface area (Å²) >= 11 is 0. The van der Waals surface area contributed by atoms with Gasteiger partial charge in [0.25, 0.3) is 0 Å². The van der Waals surface area contributed by atoms with Crippen LogP contribution in [0.15, 0.2) is 18.5 Å². The molecular formula is C11H17N3O. The molecular weight excluding hydrogens is 190 g/mol. The van der Waals surface area contributed by atoms with Gasteiger partial charge in [-0.3, -0.25) is 4.98 Å². The molecule has 1 fully saturated rings. The first kappa shape index (κ1) is 10.2. The molecule has 0 aromatic carbocycles. The highest BCUT2D eigenvalue weighted by Gasteiger charge is 2.23. The number of pyridine rings is 1. The lowest BCUT2D eigenvalue weighted by Crippen LogP contribution is -2.21. The van der Waals surface area contributed by atoms with Crippen LogP contribution < -0.4 is 10.6 Å². The Morgan fingerprint density at radius 1 is 1.60 bits per heavy atom. The highest BCUT2D eigenvalue weighted by molar-refractivity contribution is 5.66. The average molecular weight is 207 g/mol. The van der Waals surface area contributed by atoms with Crippen LogP contribution in [0.25, 0.3) is 0 Å². The molecule has 0 saturated carbocycles. The van der Waals surface area contributed by atoms with Gasteiger partial charge in [-0.05, 0) is 24.8 Å². The van der Waals surface area contributed by atoms with E-state index in [1.807, 2.05) is 6.07 Å². The van der Waals surface area contributed by atoms with Crippen molar-refractivity contribution in [1.82, 2.24) is 4.98 Å². The van der Waals surface area contributed by atoms with Crippen molar-refractivity contribution < 1.29 is 5.11 Å². The Hall–Kier alpha value is -1.29. The van der Waals surface area contributed by atoms with Gasteiger partial charge in [-0.15, -0.1) is 0 Å². The van der Waals surface area contributed by atoms with E-state index in [0.29, 0.717) is 5.92 Å². The van der Waals surface area contributed by atoms with Crippen molar-refractivity contribution in [2.75, 3.05) is 30.3 Å². The van der Waals surface area contributed by atoms with E-state index < -0.39 is 0 Å². The summed E-state index contributed by atoms with van der Waals surface area (Å²) < 4.78 is 0. The van der Waals surface area contributed by atoms with Crippen molar-refractivity contribution in [3.63, 3.8) is 0 Å². The standard InChI is InChI=1S/C11H17N3O/c12-10-7-13-4-1-11(10)14-5-2-9(8-14)3-6-15/h1,4,7,9,15H,2-3,5-6,8,12H2. The molecule has 2 heterocycles. The predicted molar refractivity (Wildman–Crippen MR) is 60.7 cm³/mol. The summed E-state index contributed by atoms with van der Waals surface area (Å²) in [7, 11) is 0. The van der Waals surface area contributed by atoms with E-state index in [1.165, 1.54) is 0 Å². The van der Waals surface area contributed by atoms with Gasteiger partial charge >= 0.3 is 0 Å². The summed E-state index contributed by atoms with van der Waals surface area (Å²) in [5.74, 6) is 0.600. The zero-order chi connectivity index (χ0) is 10.7. The molecule has 0 amide bonds. The van der Waals surface area contributed by atoms with Gasteiger partial charge in [0.1, 0.15) is 0 Å². The lowest BCUT2D eigenvalue weighted by molar-refractivity contribution is 0.263. The quantitative estimate of drug-likeness (QED) is 0.772. The van der Waals surface area contributed by atoms with E-state index >= 15 is 0 Å². The van der Waals surface area contributed by atoms with Crippen LogP contribution in [-0.4, -0.2) is 29.8 Å². The van der Waals surface area contributed by atoms with Crippen LogP contribution in [0.5, 0.6) is 0 Å². The number of nitrogens with two attached hydrogens (primary N) is 1. The minimum absolute atomic E-state index is 0.282. The maximum absolute atomic E-state index is 8.88. The van der Waals surface area contributed by atoms with Gasteiger partial charge in [-0.1, -0.05) is 0 Å². The molecule has 4 nitrogen and oxygen atoms in total. The van der Waals surface area contributed by atoms with Gasteiger partial charge in [0, 0.05) is 25.9 Å². The molecule has 1 unspecified atom stereocenters. The van der Waals surface area contributed by atoms with Gasteiger partial charge in [-0.25, -0.2) is 0 Å². The Bertz CT molecular complexity index is 329. The second-order valence-electron chi connectivity index (χ2n) is 4.05. The lowest BCUT2D eigenvalue weighted by atomic mass is 10.1. The predicted octanol–water partition coefficient (Wildman–Crippen LogP) is 0.873. The number of anilines is 2. The molecule has 0 aliphatic carbocycles. The van der Waals surface area contributed by atoms with Crippen LogP contribution in [0.4, 0.5) is 11.4 Å². The van der Waals surface area contributed by atoms with E-state index in [9.17, 15) is 0 Å². The van der Waals surface area contributed by atoms with Crippen LogP contribution in [0.3, 0.4) is 0 Å². The van der Waals surface area contributed by atoms with Gasteiger partial charge < -0.3 is 15.7 Å². The number of rotatable bonds is 3. The summed E-state index contributed by atoms with van der Waals surface area (Å²) in [5.41, 5.74) is 7.68. The molecule has 0 spiro atoms. The topological polar surface area (TPSA) is 62.4 Å². The molecule has 15 heavy (non-hydrogen) atoms. The zero-order valence-corrected chi connectivity index (χ0v) is 8.76. The van der Waals surface area contributed by atoms with Crippen LogP contribution in [0, 0.1) is 5.92 Å². The van der Waals surface area contributed by atoms with Crippen molar-refractivity contribution in [2.45, 2.75) is 12.8 Å². The fourth-order valence-electron chi connectivity index (χ4n) is 2.16. The molecule has 82 valence electrons. The molecule has 1 aliphatic rings. The number of nitrogen functional groups attached to an aromatic ring is 1. The fourth-order valence-corrected chi connectivity index (χ4v) is 2.16. The monoisotopic (exact) mass is 207 g/mol. The summed E-state index contributed by atoms with van der Waals surface area (Å²) in [6.07, 6.45) is 5.49. The van der Waals surface area contributed by atoms with Crippen LogP contribution >= 0.6 is 0 Å². The van der Waals surface area contributed by atoms with Crippen molar-refractivity contribution in [2.24, 2.45) is 5.92 Å². The maximum atomic E-state index is 8.88. The largest absolute Gasteiger partial charge is 0.396 e. The highest BCUT2D eigenvalue weighted by Crippen LogP contribution is 2.28. The Balaban J connectivity index is 2.04. The lowest BCUT2D eigenvalue weighted by Gasteiger charge is -2.19.